The molecule has 3 heterocycles. The lowest BCUT2D eigenvalue weighted by Gasteiger charge is -2.16. The third kappa shape index (κ3) is 4.72. The Morgan fingerprint density at radius 1 is 0.933 bits per heavy atom. The fourth-order valence-corrected chi connectivity index (χ4v) is 3.15. The van der Waals surface area contributed by atoms with Gasteiger partial charge in [-0.25, -0.2) is 15.0 Å². The Kier molecular flexibility index (Phi) is 5.86. The Bertz CT molecular complexity index is 1170. The molecule has 0 amide bonds. The molecule has 4 rings (SSSR count). The maximum Gasteiger partial charge on any atom is 0.138 e. The van der Waals surface area contributed by atoms with Crippen LogP contribution in [0.2, 0.25) is 5.02 Å². The molecule has 4 aromatic rings. The summed E-state index contributed by atoms with van der Waals surface area (Å²) in [5.74, 6) is 2.73. The molecule has 1 N–H and O–H groups in total. The predicted molar refractivity (Wildman–Crippen MR) is 118 cm³/mol. The third-order valence-corrected chi connectivity index (χ3v) is 4.81. The number of hydrogen-bond acceptors (Lipinski definition) is 6. The second kappa shape index (κ2) is 8.88. The van der Waals surface area contributed by atoms with Gasteiger partial charge in [0.1, 0.15) is 29.3 Å². The molecule has 0 bridgehead atoms. The minimum atomic E-state index is -0.208. The summed E-state index contributed by atoms with van der Waals surface area (Å²) in [6.45, 7) is 3.82. The van der Waals surface area contributed by atoms with Gasteiger partial charge in [-0.05, 0) is 55.8 Å². The first-order valence-electron chi connectivity index (χ1n) is 9.48. The number of rotatable bonds is 6. The van der Waals surface area contributed by atoms with Gasteiger partial charge in [-0.2, -0.15) is 0 Å². The molecule has 3 aromatic heterocycles. The van der Waals surface area contributed by atoms with Crippen LogP contribution in [0.4, 0.5) is 11.6 Å². The minimum Gasteiger partial charge on any atom is -0.484 e. The monoisotopic (exact) mass is 417 g/mol. The van der Waals surface area contributed by atoms with E-state index in [1.807, 2.05) is 56.4 Å². The van der Waals surface area contributed by atoms with Gasteiger partial charge in [-0.3, -0.25) is 4.98 Å². The molecule has 0 aliphatic rings. The molecule has 7 heteroatoms. The van der Waals surface area contributed by atoms with Crippen LogP contribution < -0.4 is 10.1 Å². The van der Waals surface area contributed by atoms with Crippen molar-refractivity contribution in [3.8, 4) is 16.9 Å². The molecule has 0 spiro atoms. The van der Waals surface area contributed by atoms with Crippen molar-refractivity contribution >= 4 is 23.2 Å². The first-order valence-corrected chi connectivity index (χ1v) is 9.85. The molecule has 0 fully saturated rings. The van der Waals surface area contributed by atoms with E-state index in [2.05, 4.69) is 31.3 Å². The highest BCUT2D eigenvalue weighted by atomic mass is 35.5. The van der Waals surface area contributed by atoms with E-state index in [0.29, 0.717) is 28.2 Å². The molecule has 1 aromatic carbocycles. The van der Waals surface area contributed by atoms with Gasteiger partial charge in [0.2, 0.25) is 0 Å². The Balaban J connectivity index is 1.55. The van der Waals surface area contributed by atoms with Crippen LogP contribution in [-0.4, -0.2) is 19.9 Å². The zero-order valence-corrected chi connectivity index (χ0v) is 17.3. The number of nitrogens with one attached hydrogen (secondary N) is 1. The number of ether oxygens (including phenoxy) is 1. The van der Waals surface area contributed by atoms with Gasteiger partial charge in [0.05, 0.1) is 5.02 Å². The van der Waals surface area contributed by atoms with Gasteiger partial charge in [0, 0.05) is 35.9 Å². The average molecular weight is 418 g/mol. The summed E-state index contributed by atoms with van der Waals surface area (Å²) >= 11 is 6.21. The van der Waals surface area contributed by atoms with E-state index in [-0.39, 0.29) is 6.10 Å². The smallest absolute Gasteiger partial charge is 0.138 e. The maximum absolute atomic E-state index is 6.21. The molecule has 0 saturated heterocycles. The highest BCUT2D eigenvalue weighted by molar-refractivity contribution is 6.32. The van der Waals surface area contributed by atoms with E-state index in [0.717, 1.165) is 16.7 Å². The molecule has 6 nitrogen and oxygen atoms in total. The SMILES string of the molecule is Cc1nccc(Nc2cc(-c3cncc(C(C)Oc4ccccc4Cl)c3)ccn2)n1. The summed E-state index contributed by atoms with van der Waals surface area (Å²) in [5, 5.41) is 3.79. The van der Waals surface area contributed by atoms with Crippen molar-refractivity contribution in [1.29, 1.82) is 0 Å². The molecule has 150 valence electrons. The summed E-state index contributed by atoms with van der Waals surface area (Å²) in [6.07, 6.45) is 6.87. The fraction of sp³-hybridized carbons (Fsp3) is 0.130. The van der Waals surface area contributed by atoms with Crippen molar-refractivity contribution in [3.05, 3.63) is 89.7 Å². The number of benzene rings is 1. The lowest BCUT2D eigenvalue weighted by atomic mass is 10.1. The van der Waals surface area contributed by atoms with Crippen molar-refractivity contribution in [3.63, 3.8) is 0 Å². The molecule has 0 saturated carbocycles. The first-order chi connectivity index (χ1) is 14.6. The number of halogens is 1. The zero-order valence-electron chi connectivity index (χ0n) is 16.6. The minimum absolute atomic E-state index is 0.208. The number of nitrogens with zero attached hydrogens (tertiary/aromatic N) is 4. The van der Waals surface area contributed by atoms with Crippen molar-refractivity contribution in [2.45, 2.75) is 20.0 Å². The van der Waals surface area contributed by atoms with Crippen molar-refractivity contribution < 1.29 is 4.74 Å². The highest BCUT2D eigenvalue weighted by Crippen LogP contribution is 2.30. The number of pyridine rings is 2. The molecule has 0 aliphatic heterocycles. The van der Waals surface area contributed by atoms with Crippen LogP contribution in [0, 0.1) is 6.92 Å². The Hall–Kier alpha value is -3.51. The fourth-order valence-electron chi connectivity index (χ4n) is 2.97. The van der Waals surface area contributed by atoms with Gasteiger partial charge in [-0.1, -0.05) is 23.7 Å². The summed E-state index contributed by atoms with van der Waals surface area (Å²) in [6, 6.07) is 15.2. The van der Waals surface area contributed by atoms with Crippen LogP contribution in [0.3, 0.4) is 0 Å². The maximum atomic E-state index is 6.21. The van der Waals surface area contributed by atoms with E-state index >= 15 is 0 Å². The van der Waals surface area contributed by atoms with Crippen LogP contribution in [-0.2, 0) is 0 Å². The Morgan fingerprint density at radius 2 is 1.77 bits per heavy atom. The lowest BCUT2D eigenvalue weighted by molar-refractivity contribution is 0.226. The zero-order chi connectivity index (χ0) is 20.9. The van der Waals surface area contributed by atoms with Gasteiger partial charge < -0.3 is 10.1 Å². The highest BCUT2D eigenvalue weighted by Gasteiger charge is 2.12. The molecule has 0 aliphatic carbocycles. The summed E-state index contributed by atoms with van der Waals surface area (Å²) in [4.78, 5) is 17.2. The van der Waals surface area contributed by atoms with Crippen LogP contribution in [0.15, 0.2) is 73.3 Å². The predicted octanol–water partition coefficient (Wildman–Crippen LogP) is 5.78. The van der Waals surface area contributed by atoms with E-state index in [1.165, 1.54) is 0 Å². The van der Waals surface area contributed by atoms with Crippen molar-refractivity contribution in [2.24, 2.45) is 0 Å². The van der Waals surface area contributed by atoms with Gasteiger partial charge in [0.25, 0.3) is 0 Å². The second-order valence-corrected chi connectivity index (χ2v) is 7.15. The van der Waals surface area contributed by atoms with Gasteiger partial charge in [-0.15, -0.1) is 0 Å². The van der Waals surface area contributed by atoms with E-state index in [4.69, 9.17) is 16.3 Å². The van der Waals surface area contributed by atoms with Crippen LogP contribution in [0.5, 0.6) is 5.75 Å². The normalized spacial score (nSPS) is 11.7. The molecular weight excluding hydrogens is 398 g/mol. The van der Waals surface area contributed by atoms with Crippen molar-refractivity contribution in [1.82, 2.24) is 19.9 Å². The molecule has 1 atom stereocenters. The van der Waals surface area contributed by atoms with Crippen LogP contribution in [0.1, 0.15) is 24.4 Å². The van der Waals surface area contributed by atoms with Gasteiger partial charge in [0.15, 0.2) is 0 Å². The molecule has 1 unspecified atom stereocenters. The number of para-hydroxylation sites is 1. The van der Waals surface area contributed by atoms with E-state index in [9.17, 15) is 0 Å². The third-order valence-electron chi connectivity index (χ3n) is 4.49. The Labute approximate surface area is 180 Å². The average Bonchev–Trinajstić information content (AvgIpc) is 2.76. The first kappa shape index (κ1) is 19.8. The quantitative estimate of drug-likeness (QED) is 0.428. The van der Waals surface area contributed by atoms with E-state index < -0.39 is 0 Å². The van der Waals surface area contributed by atoms with Crippen molar-refractivity contribution in [2.75, 3.05) is 5.32 Å². The van der Waals surface area contributed by atoms with Crippen LogP contribution >= 0.6 is 11.6 Å². The number of hydrogen-bond donors (Lipinski definition) is 1. The topological polar surface area (TPSA) is 72.8 Å². The summed E-state index contributed by atoms with van der Waals surface area (Å²) in [7, 11) is 0. The Morgan fingerprint density at radius 3 is 2.60 bits per heavy atom. The van der Waals surface area contributed by atoms with E-state index in [1.54, 1.807) is 24.7 Å². The molecule has 0 radical (unpaired) electrons. The summed E-state index contributed by atoms with van der Waals surface area (Å²) < 4.78 is 6.03. The summed E-state index contributed by atoms with van der Waals surface area (Å²) in [5.41, 5.74) is 2.90. The molecule has 30 heavy (non-hydrogen) atoms. The number of anilines is 2. The number of aromatic nitrogens is 4. The second-order valence-electron chi connectivity index (χ2n) is 6.74. The number of aryl methyl sites for hydroxylation is 1. The standard InChI is InChI=1S/C23H20ClN5O/c1-15(30-21-6-4-3-5-20(21)24)18-11-19(14-25-13-18)17-7-9-27-23(12-17)29-22-8-10-26-16(2)28-22/h3-15H,1-2H3,(H,26,27,28,29). The largest absolute Gasteiger partial charge is 0.484 e. The van der Waals surface area contributed by atoms with Gasteiger partial charge >= 0.3 is 0 Å². The molecular formula is C23H20ClN5O. The lowest BCUT2D eigenvalue weighted by Crippen LogP contribution is -2.04. The van der Waals surface area contributed by atoms with Crippen LogP contribution in [0.25, 0.3) is 11.1 Å².